The summed E-state index contributed by atoms with van der Waals surface area (Å²) in [6.07, 6.45) is 0.780. The first-order valence-electron chi connectivity index (χ1n) is 7.76. The molecule has 1 aromatic rings. The van der Waals surface area contributed by atoms with Gasteiger partial charge in [-0.2, -0.15) is 0 Å². The molecular weight excluding hydrogens is 278 g/mol. The van der Waals surface area contributed by atoms with Crippen molar-refractivity contribution in [1.29, 1.82) is 0 Å². The summed E-state index contributed by atoms with van der Waals surface area (Å²) in [4.78, 5) is 26.1. The number of carbonyl (C=O) groups is 2. The van der Waals surface area contributed by atoms with Crippen LogP contribution in [0.5, 0.6) is 0 Å². The van der Waals surface area contributed by atoms with Gasteiger partial charge in [0.1, 0.15) is 0 Å². The van der Waals surface area contributed by atoms with Gasteiger partial charge in [0, 0.05) is 12.1 Å². The second-order valence-electron chi connectivity index (χ2n) is 7.14. The normalized spacial score (nSPS) is 19.0. The van der Waals surface area contributed by atoms with E-state index in [1.54, 1.807) is 11.8 Å². The highest BCUT2D eigenvalue weighted by Gasteiger charge is 2.43. The largest absolute Gasteiger partial charge is 0.459 e. The molecule has 120 valence electrons. The number of rotatable bonds is 1. The minimum atomic E-state index is -0.771. The molecule has 4 nitrogen and oxygen atoms in total. The summed E-state index contributed by atoms with van der Waals surface area (Å²) in [7, 11) is 0. The smallest absolute Gasteiger partial charge is 0.397 e. The van der Waals surface area contributed by atoms with Crippen LogP contribution in [0, 0.1) is 0 Å². The maximum absolute atomic E-state index is 12.5. The lowest BCUT2D eigenvalue weighted by molar-refractivity contribution is -0.163. The molecule has 0 atom stereocenters. The Morgan fingerprint density at radius 2 is 1.82 bits per heavy atom. The molecule has 1 aliphatic rings. The number of hydrogen-bond acceptors (Lipinski definition) is 3. The van der Waals surface area contributed by atoms with E-state index in [0.29, 0.717) is 6.54 Å². The van der Waals surface area contributed by atoms with Gasteiger partial charge in [-0.05, 0) is 43.7 Å². The van der Waals surface area contributed by atoms with Gasteiger partial charge in [-0.1, -0.05) is 38.1 Å². The van der Waals surface area contributed by atoms with E-state index in [9.17, 15) is 9.59 Å². The zero-order chi connectivity index (χ0) is 16.5. The third kappa shape index (κ3) is 3.01. The summed E-state index contributed by atoms with van der Waals surface area (Å²) >= 11 is 0. The van der Waals surface area contributed by atoms with Crippen LogP contribution in [-0.4, -0.2) is 28.9 Å². The van der Waals surface area contributed by atoms with E-state index in [2.05, 4.69) is 19.9 Å². The van der Waals surface area contributed by atoms with Gasteiger partial charge in [-0.25, -0.2) is 4.79 Å². The molecule has 2 rings (SSSR count). The molecule has 0 spiro atoms. The van der Waals surface area contributed by atoms with E-state index >= 15 is 0 Å². The number of benzene rings is 1. The number of amides is 1. The summed E-state index contributed by atoms with van der Waals surface area (Å²) in [5.41, 5.74) is 1.84. The Labute approximate surface area is 132 Å². The number of esters is 1. The Morgan fingerprint density at radius 1 is 1.18 bits per heavy atom. The van der Waals surface area contributed by atoms with Gasteiger partial charge in [0.15, 0.2) is 0 Å². The lowest BCUT2D eigenvalue weighted by Crippen LogP contribution is -2.51. The Kier molecular flexibility index (Phi) is 4.32. The minimum absolute atomic E-state index is 0.0657. The van der Waals surface area contributed by atoms with Crippen LogP contribution < -0.4 is 0 Å². The van der Waals surface area contributed by atoms with Crippen LogP contribution in [0.2, 0.25) is 0 Å². The zero-order valence-corrected chi connectivity index (χ0v) is 14.1. The van der Waals surface area contributed by atoms with E-state index in [4.69, 9.17) is 4.74 Å². The zero-order valence-electron chi connectivity index (χ0n) is 14.1. The molecule has 0 saturated carbocycles. The van der Waals surface area contributed by atoms with Crippen molar-refractivity contribution in [2.45, 2.75) is 58.5 Å². The summed E-state index contributed by atoms with van der Waals surface area (Å²) in [5.74, 6) is -1.33. The molecule has 1 amide bonds. The Morgan fingerprint density at radius 3 is 2.45 bits per heavy atom. The summed E-state index contributed by atoms with van der Waals surface area (Å²) in [6, 6.07) is 8.14. The van der Waals surface area contributed by atoms with Crippen molar-refractivity contribution < 1.29 is 14.3 Å². The summed E-state index contributed by atoms with van der Waals surface area (Å²) in [6.45, 7) is 10.7. The maximum Gasteiger partial charge on any atom is 0.397 e. The first kappa shape index (κ1) is 16.5. The lowest BCUT2D eigenvalue weighted by Gasteiger charge is -2.39. The molecule has 1 heterocycles. The van der Waals surface area contributed by atoms with Crippen LogP contribution in [0.25, 0.3) is 0 Å². The Bertz CT molecular complexity index is 590. The second-order valence-corrected chi connectivity index (χ2v) is 7.14. The molecule has 0 bridgehead atoms. The van der Waals surface area contributed by atoms with Gasteiger partial charge >= 0.3 is 11.9 Å². The Hall–Kier alpha value is -1.84. The SMILES string of the molecule is CCOC(=O)C(=O)N1Cc2ccccc2C(C)(C)CC1(C)C. The van der Waals surface area contributed by atoms with E-state index in [1.165, 1.54) is 5.56 Å². The van der Waals surface area contributed by atoms with Crippen LogP contribution >= 0.6 is 0 Å². The molecule has 4 heteroatoms. The number of ether oxygens (including phenoxy) is 1. The number of nitrogens with zero attached hydrogens (tertiary/aromatic N) is 1. The van der Waals surface area contributed by atoms with Crippen LogP contribution in [0.1, 0.15) is 52.2 Å². The molecule has 0 N–H and O–H groups in total. The van der Waals surface area contributed by atoms with Crippen LogP contribution in [-0.2, 0) is 26.3 Å². The van der Waals surface area contributed by atoms with Crippen molar-refractivity contribution in [3.63, 3.8) is 0 Å². The molecule has 22 heavy (non-hydrogen) atoms. The monoisotopic (exact) mass is 303 g/mol. The van der Waals surface area contributed by atoms with E-state index in [-0.39, 0.29) is 12.0 Å². The molecule has 0 aliphatic carbocycles. The van der Waals surface area contributed by atoms with Gasteiger partial charge in [0.25, 0.3) is 0 Å². The highest BCUT2D eigenvalue weighted by atomic mass is 16.5. The highest BCUT2D eigenvalue weighted by Crippen LogP contribution is 2.41. The third-order valence-corrected chi connectivity index (χ3v) is 4.38. The summed E-state index contributed by atoms with van der Waals surface area (Å²) in [5, 5.41) is 0. The maximum atomic E-state index is 12.5. The first-order valence-corrected chi connectivity index (χ1v) is 7.76. The van der Waals surface area contributed by atoms with Gasteiger partial charge in [0.05, 0.1) is 6.61 Å². The standard InChI is InChI=1S/C18H25NO3/c1-6-22-16(21)15(20)19-11-13-9-7-8-10-14(13)17(2,3)12-18(19,4)5/h7-10H,6,11-12H2,1-5H3. The molecule has 0 radical (unpaired) electrons. The second kappa shape index (κ2) is 5.75. The van der Waals surface area contributed by atoms with E-state index in [0.717, 1.165) is 12.0 Å². The van der Waals surface area contributed by atoms with E-state index < -0.39 is 17.4 Å². The predicted molar refractivity (Wildman–Crippen MR) is 85.3 cm³/mol. The average Bonchev–Trinajstić information content (AvgIpc) is 2.50. The van der Waals surface area contributed by atoms with Crippen molar-refractivity contribution in [1.82, 2.24) is 4.90 Å². The summed E-state index contributed by atoms with van der Waals surface area (Å²) < 4.78 is 4.90. The van der Waals surface area contributed by atoms with Crippen molar-refractivity contribution in [3.05, 3.63) is 35.4 Å². The van der Waals surface area contributed by atoms with Gasteiger partial charge < -0.3 is 9.64 Å². The topological polar surface area (TPSA) is 46.6 Å². The van der Waals surface area contributed by atoms with Crippen molar-refractivity contribution in [3.8, 4) is 0 Å². The molecule has 0 saturated heterocycles. The van der Waals surface area contributed by atoms with Crippen LogP contribution in [0.3, 0.4) is 0 Å². The van der Waals surface area contributed by atoms with Crippen molar-refractivity contribution in [2.75, 3.05) is 6.61 Å². The van der Waals surface area contributed by atoms with Crippen molar-refractivity contribution in [2.24, 2.45) is 0 Å². The fourth-order valence-electron chi connectivity index (χ4n) is 3.62. The van der Waals surface area contributed by atoms with Gasteiger partial charge in [-0.3, -0.25) is 4.79 Å². The predicted octanol–water partition coefficient (Wildman–Crippen LogP) is 3.04. The number of hydrogen-bond donors (Lipinski definition) is 0. The van der Waals surface area contributed by atoms with E-state index in [1.807, 2.05) is 32.0 Å². The molecule has 0 aromatic heterocycles. The van der Waals surface area contributed by atoms with Gasteiger partial charge in [-0.15, -0.1) is 0 Å². The highest BCUT2D eigenvalue weighted by molar-refractivity contribution is 6.32. The quantitative estimate of drug-likeness (QED) is 0.592. The molecule has 0 unspecified atom stereocenters. The third-order valence-electron chi connectivity index (χ3n) is 4.38. The Balaban J connectivity index is 2.44. The average molecular weight is 303 g/mol. The fraction of sp³-hybridized carbons (Fsp3) is 0.556. The fourth-order valence-corrected chi connectivity index (χ4v) is 3.62. The lowest BCUT2D eigenvalue weighted by atomic mass is 9.75. The van der Waals surface area contributed by atoms with Gasteiger partial charge in [0.2, 0.25) is 0 Å². The number of fused-ring (bicyclic) bond motifs is 1. The minimum Gasteiger partial charge on any atom is -0.459 e. The number of carbonyl (C=O) groups excluding carboxylic acids is 2. The molecule has 1 aliphatic heterocycles. The molecule has 0 fully saturated rings. The first-order chi connectivity index (χ1) is 10.2. The van der Waals surface area contributed by atoms with Crippen LogP contribution in [0.4, 0.5) is 0 Å². The van der Waals surface area contributed by atoms with Crippen molar-refractivity contribution >= 4 is 11.9 Å². The molecular formula is C18H25NO3. The molecule has 1 aromatic carbocycles. The van der Waals surface area contributed by atoms with Crippen LogP contribution in [0.15, 0.2) is 24.3 Å².